The van der Waals surface area contributed by atoms with Crippen LogP contribution in [-0.4, -0.2) is 29.3 Å². The molecule has 2 heterocycles. The molecule has 1 aliphatic heterocycles. The van der Waals surface area contributed by atoms with Crippen LogP contribution in [0.5, 0.6) is 0 Å². The quantitative estimate of drug-likeness (QED) is 0.909. The highest BCUT2D eigenvalue weighted by Crippen LogP contribution is 2.24. The molecule has 1 aromatic heterocycles. The third kappa shape index (κ3) is 3.20. The normalized spacial score (nSPS) is 16.5. The Hall–Kier alpha value is -1.36. The number of amides is 2. The lowest BCUT2D eigenvalue weighted by atomic mass is 9.95. The second kappa shape index (κ2) is 5.56. The molecule has 0 aromatic carbocycles. The Morgan fingerprint density at radius 3 is 2.75 bits per heavy atom. The van der Waals surface area contributed by atoms with E-state index in [-0.39, 0.29) is 11.8 Å². The predicted octanol–water partition coefficient (Wildman–Crippen LogP) is 2.18. The molecule has 1 aromatic rings. The van der Waals surface area contributed by atoms with E-state index in [1.54, 1.807) is 18.3 Å². The number of hydrogen-bond donors (Lipinski definition) is 1. The van der Waals surface area contributed by atoms with Gasteiger partial charge in [0.1, 0.15) is 6.04 Å². The minimum Gasteiger partial charge on any atom is -0.344 e. The lowest BCUT2D eigenvalue weighted by molar-refractivity contribution is -0.138. The topological polar surface area (TPSA) is 49.4 Å². The van der Waals surface area contributed by atoms with Gasteiger partial charge < -0.3 is 10.2 Å². The van der Waals surface area contributed by atoms with Gasteiger partial charge in [0.05, 0.1) is 0 Å². The van der Waals surface area contributed by atoms with Crippen LogP contribution in [0.15, 0.2) is 11.4 Å². The van der Waals surface area contributed by atoms with Crippen LogP contribution in [0.2, 0.25) is 0 Å². The number of fused-ring (bicyclic) bond motifs is 1. The number of carbonyl (C=O) groups is 2. The van der Waals surface area contributed by atoms with E-state index in [2.05, 4.69) is 16.8 Å². The maximum Gasteiger partial charge on any atom is 0.245 e. The molecule has 1 unspecified atom stereocenters. The largest absolute Gasteiger partial charge is 0.344 e. The molecule has 0 aliphatic carbocycles. The summed E-state index contributed by atoms with van der Waals surface area (Å²) in [5.74, 6) is -0.0916. The van der Waals surface area contributed by atoms with E-state index in [9.17, 15) is 9.59 Å². The first-order chi connectivity index (χ1) is 9.29. The molecular formula is C15H22N2O2S. The van der Waals surface area contributed by atoms with Crippen LogP contribution in [0.25, 0.3) is 0 Å². The van der Waals surface area contributed by atoms with E-state index in [0.29, 0.717) is 6.54 Å². The number of nitrogens with one attached hydrogen (secondary N) is 1. The average Bonchev–Trinajstić information content (AvgIpc) is 2.83. The number of nitrogens with zero attached hydrogens (tertiary/aromatic N) is 1. The fraction of sp³-hybridized carbons (Fsp3) is 0.600. The van der Waals surface area contributed by atoms with Crippen LogP contribution in [0.1, 0.15) is 38.1 Å². The van der Waals surface area contributed by atoms with Gasteiger partial charge in [-0.1, -0.05) is 20.8 Å². The summed E-state index contributed by atoms with van der Waals surface area (Å²) in [4.78, 5) is 27.6. The highest BCUT2D eigenvalue weighted by Gasteiger charge is 2.29. The molecule has 1 atom stereocenters. The molecule has 5 heteroatoms. The van der Waals surface area contributed by atoms with Gasteiger partial charge in [0, 0.05) is 23.4 Å². The molecule has 2 rings (SSSR count). The molecule has 0 radical (unpaired) electrons. The summed E-state index contributed by atoms with van der Waals surface area (Å²) in [5.41, 5.74) is 0.765. The highest BCUT2D eigenvalue weighted by molar-refractivity contribution is 7.10. The Bertz CT molecular complexity index is 516. The SMILES string of the molecule is CC(NC(=O)C(C)(C)C)C(=O)N1CCc2sccc2C1. The smallest absolute Gasteiger partial charge is 0.245 e. The van der Waals surface area contributed by atoms with Gasteiger partial charge in [-0.15, -0.1) is 11.3 Å². The maximum atomic E-state index is 12.4. The van der Waals surface area contributed by atoms with Crippen LogP contribution < -0.4 is 5.32 Å². The van der Waals surface area contributed by atoms with E-state index >= 15 is 0 Å². The molecule has 1 N–H and O–H groups in total. The molecule has 0 spiro atoms. The lowest BCUT2D eigenvalue weighted by Gasteiger charge is -2.30. The zero-order valence-corrected chi connectivity index (χ0v) is 13.3. The zero-order chi connectivity index (χ0) is 14.9. The van der Waals surface area contributed by atoms with E-state index in [4.69, 9.17) is 0 Å². The van der Waals surface area contributed by atoms with Gasteiger partial charge >= 0.3 is 0 Å². The first kappa shape index (κ1) is 15.0. The number of hydrogen-bond acceptors (Lipinski definition) is 3. The molecule has 20 heavy (non-hydrogen) atoms. The maximum absolute atomic E-state index is 12.4. The third-order valence-electron chi connectivity index (χ3n) is 3.52. The van der Waals surface area contributed by atoms with Crippen molar-refractivity contribution in [1.29, 1.82) is 0 Å². The third-order valence-corrected chi connectivity index (χ3v) is 4.54. The van der Waals surface area contributed by atoms with Crippen molar-refractivity contribution >= 4 is 23.2 Å². The van der Waals surface area contributed by atoms with Crippen molar-refractivity contribution in [3.05, 3.63) is 21.9 Å². The first-order valence-corrected chi connectivity index (χ1v) is 7.82. The minimum atomic E-state index is -0.475. The van der Waals surface area contributed by atoms with Crippen molar-refractivity contribution < 1.29 is 9.59 Å². The Kier molecular flexibility index (Phi) is 4.18. The van der Waals surface area contributed by atoms with Gasteiger partial charge in [-0.05, 0) is 30.4 Å². The van der Waals surface area contributed by atoms with E-state index < -0.39 is 11.5 Å². The Balaban J connectivity index is 1.97. The summed E-state index contributed by atoms with van der Waals surface area (Å²) < 4.78 is 0. The van der Waals surface area contributed by atoms with Gasteiger partial charge in [0.25, 0.3) is 0 Å². The number of carbonyl (C=O) groups excluding carboxylic acids is 2. The lowest BCUT2D eigenvalue weighted by Crippen LogP contribution is -2.50. The molecule has 110 valence electrons. The van der Waals surface area contributed by atoms with Crippen LogP contribution in [0.3, 0.4) is 0 Å². The average molecular weight is 294 g/mol. The minimum absolute atomic E-state index is 0.000509. The van der Waals surface area contributed by atoms with Gasteiger partial charge in [0.15, 0.2) is 0 Å². The summed E-state index contributed by atoms with van der Waals surface area (Å²) in [5, 5.41) is 4.88. The molecule has 4 nitrogen and oxygen atoms in total. The van der Waals surface area contributed by atoms with Gasteiger partial charge in [-0.2, -0.15) is 0 Å². The molecular weight excluding hydrogens is 272 g/mol. The summed E-state index contributed by atoms with van der Waals surface area (Å²) in [6, 6.07) is 1.61. The van der Waals surface area contributed by atoms with Gasteiger partial charge in [-0.25, -0.2) is 0 Å². The predicted molar refractivity (Wildman–Crippen MR) is 80.5 cm³/mol. The fourth-order valence-electron chi connectivity index (χ4n) is 2.19. The molecule has 0 saturated heterocycles. The van der Waals surface area contributed by atoms with E-state index in [0.717, 1.165) is 13.0 Å². The van der Waals surface area contributed by atoms with Crippen LogP contribution in [0.4, 0.5) is 0 Å². The van der Waals surface area contributed by atoms with Crippen molar-refractivity contribution in [2.45, 2.75) is 46.7 Å². The van der Waals surface area contributed by atoms with Crippen molar-refractivity contribution in [1.82, 2.24) is 10.2 Å². The standard InChI is InChI=1S/C15H22N2O2S/c1-10(16-14(19)15(2,3)4)13(18)17-7-5-12-11(9-17)6-8-20-12/h6,8,10H,5,7,9H2,1-4H3,(H,16,19). The van der Waals surface area contributed by atoms with Crippen molar-refractivity contribution in [3.63, 3.8) is 0 Å². The molecule has 0 bridgehead atoms. The molecule has 0 saturated carbocycles. The second-order valence-corrected chi connectivity index (χ2v) is 7.32. The Morgan fingerprint density at radius 1 is 1.40 bits per heavy atom. The Labute approximate surface area is 124 Å². The molecule has 2 amide bonds. The van der Waals surface area contributed by atoms with E-state index in [1.807, 2.05) is 25.7 Å². The number of thiophene rings is 1. The summed E-state index contributed by atoms with van der Waals surface area (Å²) in [6.45, 7) is 8.69. The van der Waals surface area contributed by atoms with Crippen molar-refractivity contribution in [3.8, 4) is 0 Å². The number of rotatable bonds is 2. The Morgan fingerprint density at radius 2 is 2.10 bits per heavy atom. The molecule has 1 aliphatic rings. The van der Waals surface area contributed by atoms with Crippen LogP contribution >= 0.6 is 11.3 Å². The summed E-state index contributed by atoms with van der Waals surface area (Å²) >= 11 is 1.75. The summed E-state index contributed by atoms with van der Waals surface area (Å²) in [7, 11) is 0. The van der Waals surface area contributed by atoms with Crippen molar-refractivity contribution in [2.24, 2.45) is 5.41 Å². The van der Waals surface area contributed by atoms with Gasteiger partial charge in [0.2, 0.25) is 11.8 Å². The van der Waals surface area contributed by atoms with Gasteiger partial charge in [-0.3, -0.25) is 9.59 Å². The highest BCUT2D eigenvalue weighted by atomic mass is 32.1. The zero-order valence-electron chi connectivity index (χ0n) is 12.5. The monoisotopic (exact) mass is 294 g/mol. The first-order valence-electron chi connectivity index (χ1n) is 6.94. The van der Waals surface area contributed by atoms with Crippen LogP contribution in [0, 0.1) is 5.41 Å². The van der Waals surface area contributed by atoms with E-state index in [1.165, 1.54) is 10.4 Å². The van der Waals surface area contributed by atoms with Crippen LogP contribution in [-0.2, 0) is 22.6 Å². The second-order valence-electron chi connectivity index (χ2n) is 6.32. The molecule has 0 fully saturated rings. The summed E-state index contributed by atoms with van der Waals surface area (Å²) in [6.07, 6.45) is 0.915. The van der Waals surface area contributed by atoms with Crippen molar-refractivity contribution in [2.75, 3.05) is 6.54 Å². The fourth-order valence-corrected chi connectivity index (χ4v) is 3.08.